The highest BCUT2D eigenvalue weighted by molar-refractivity contribution is 9.28. The molecule has 0 aromatic rings. The number of nitrogens with one attached hydrogen (secondary N) is 1. The molecule has 0 radical (unpaired) electrons. The lowest BCUT2D eigenvalue weighted by molar-refractivity contribution is -0.138. The van der Waals surface area contributed by atoms with E-state index >= 15 is 0 Å². The van der Waals surface area contributed by atoms with Crippen LogP contribution in [0, 0.1) is 5.92 Å². The lowest BCUT2D eigenvalue weighted by Crippen LogP contribution is -2.43. The Morgan fingerprint density at radius 1 is 1.62 bits per heavy atom. The number of nitrogens with zero attached hydrogens (tertiary/aromatic N) is 1. The molecule has 1 fully saturated rings. The summed E-state index contributed by atoms with van der Waals surface area (Å²) in [7, 11) is 0. The van der Waals surface area contributed by atoms with Crippen LogP contribution in [0.1, 0.15) is 26.2 Å². The largest absolute Gasteiger partial charge is 0.273 e. The predicted molar refractivity (Wildman–Crippen MR) is 68.8 cm³/mol. The van der Waals surface area contributed by atoms with E-state index in [0.29, 0.717) is 19.4 Å². The summed E-state index contributed by atoms with van der Waals surface area (Å²) in [5.74, 6) is 0.00789. The first kappa shape index (κ1) is 13.7. The van der Waals surface area contributed by atoms with E-state index in [1.807, 2.05) is 13.0 Å². The second-order valence-electron chi connectivity index (χ2n) is 3.71. The fourth-order valence-corrected chi connectivity index (χ4v) is 2.31. The molecule has 4 nitrogen and oxygen atoms in total. The Labute approximate surface area is 112 Å². The molecule has 0 aromatic heterocycles. The summed E-state index contributed by atoms with van der Waals surface area (Å²) in [6.45, 7) is 2.47. The average molecular weight is 354 g/mol. The minimum Gasteiger partial charge on any atom is -0.273 e. The van der Waals surface area contributed by atoms with E-state index in [1.54, 1.807) is 0 Å². The summed E-state index contributed by atoms with van der Waals surface area (Å²) in [4.78, 5) is 22.9. The maximum Gasteiger partial charge on any atom is 0.241 e. The number of rotatable bonds is 4. The molecule has 0 aromatic carbocycles. The second-order valence-corrected chi connectivity index (χ2v) is 6.48. The zero-order chi connectivity index (χ0) is 12.1. The number of hydrazine groups is 1. The van der Waals surface area contributed by atoms with Gasteiger partial charge in [0.25, 0.3) is 0 Å². The zero-order valence-electron chi connectivity index (χ0n) is 9.00. The number of carbonyl (C=O) groups excluding carboxylic acids is 2. The van der Waals surface area contributed by atoms with Gasteiger partial charge in [0.1, 0.15) is 0 Å². The Kier molecular flexibility index (Phi) is 5.48. The van der Waals surface area contributed by atoms with Crippen LogP contribution in [-0.4, -0.2) is 23.4 Å². The van der Waals surface area contributed by atoms with Gasteiger partial charge in [-0.25, -0.2) is 0 Å². The van der Waals surface area contributed by atoms with Gasteiger partial charge in [-0.3, -0.25) is 20.0 Å². The summed E-state index contributed by atoms with van der Waals surface area (Å²) < 4.78 is 0.833. The molecule has 0 saturated carbocycles. The highest BCUT2D eigenvalue weighted by Gasteiger charge is 2.29. The molecular formula is C10H14Br2N2O2. The first-order valence-corrected chi connectivity index (χ1v) is 6.74. The monoisotopic (exact) mass is 352 g/mol. The van der Waals surface area contributed by atoms with E-state index in [2.05, 4.69) is 37.3 Å². The molecule has 1 unspecified atom stereocenters. The molecule has 90 valence electrons. The lowest BCUT2D eigenvalue weighted by atomic mass is 10.1. The van der Waals surface area contributed by atoms with Gasteiger partial charge in [-0.2, -0.15) is 0 Å². The van der Waals surface area contributed by atoms with E-state index in [-0.39, 0.29) is 17.7 Å². The van der Waals surface area contributed by atoms with Crippen LogP contribution in [0.5, 0.6) is 0 Å². The van der Waals surface area contributed by atoms with E-state index in [0.717, 1.165) is 9.81 Å². The van der Waals surface area contributed by atoms with Gasteiger partial charge in [0, 0.05) is 25.3 Å². The molecule has 6 heteroatoms. The standard InChI is InChI=1S/C10H14Br2N2O2/c1-2-3-9(15)13-14-6-7(4-8(11)12)5-10(14)16/h4,7H,2-3,5-6H2,1H3,(H,13,15). The smallest absolute Gasteiger partial charge is 0.241 e. The highest BCUT2D eigenvalue weighted by atomic mass is 79.9. The first-order valence-electron chi connectivity index (χ1n) is 5.15. The van der Waals surface area contributed by atoms with E-state index in [1.165, 1.54) is 5.01 Å². The number of hydrogen-bond acceptors (Lipinski definition) is 2. The molecular weight excluding hydrogens is 340 g/mol. The number of hydrogen-bond donors (Lipinski definition) is 1. The Hall–Kier alpha value is -0.360. The molecule has 1 saturated heterocycles. The Morgan fingerprint density at radius 2 is 2.31 bits per heavy atom. The van der Waals surface area contributed by atoms with E-state index < -0.39 is 0 Å². The van der Waals surface area contributed by atoms with Crippen LogP contribution in [0.25, 0.3) is 0 Å². The van der Waals surface area contributed by atoms with Gasteiger partial charge < -0.3 is 0 Å². The summed E-state index contributed by atoms with van der Waals surface area (Å²) in [5.41, 5.74) is 2.62. The Balaban J connectivity index is 2.48. The molecule has 0 spiro atoms. The van der Waals surface area contributed by atoms with Gasteiger partial charge in [0.05, 0.1) is 3.39 Å². The van der Waals surface area contributed by atoms with Crippen LogP contribution in [0.3, 0.4) is 0 Å². The summed E-state index contributed by atoms with van der Waals surface area (Å²) in [6.07, 6.45) is 3.59. The topological polar surface area (TPSA) is 49.4 Å². The average Bonchev–Trinajstić information content (AvgIpc) is 2.45. The third-order valence-corrected chi connectivity index (χ3v) is 2.78. The molecule has 16 heavy (non-hydrogen) atoms. The van der Waals surface area contributed by atoms with Crippen molar-refractivity contribution >= 4 is 43.7 Å². The van der Waals surface area contributed by atoms with Gasteiger partial charge in [0.2, 0.25) is 11.8 Å². The molecule has 1 atom stereocenters. The predicted octanol–water partition coefficient (Wildman–Crippen LogP) is 2.30. The van der Waals surface area contributed by atoms with Crippen molar-refractivity contribution in [3.8, 4) is 0 Å². The minimum absolute atomic E-state index is 0.0352. The minimum atomic E-state index is -0.0987. The van der Waals surface area contributed by atoms with Gasteiger partial charge in [0.15, 0.2) is 0 Å². The molecule has 1 rings (SSSR count). The normalized spacial score (nSPS) is 19.8. The second kappa shape index (κ2) is 6.39. The summed E-state index contributed by atoms with van der Waals surface area (Å²) in [5, 5.41) is 1.40. The van der Waals surface area contributed by atoms with Crippen molar-refractivity contribution in [3.63, 3.8) is 0 Å². The molecule has 0 aliphatic carbocycles. The van der Waals surface area contributed by atoms with Crippen LogP contribution in [0.4, 0.5) is 0 Å². The summed E-state index contributed by atoms with van der Waals surface area (Å²) >= 11 is 6.52. The van der Waals surface area contributed by atoms with Crippen LogP contribution in [-0.2, 0) is 9.59 Å². The third kappa shape index (κ3) is 4.25. The Morgan fingerprint density at radius 3 is 2.88 bits per heavy atom. The van der Waals surface area contributed by atoms with Crippen molar-refractivity contribution < 1.29 is 9.59 Å². The number of amides is 2. The van der Waals surface area contributed by atoms with Gasteiger partial charge in [-0.1, -0.05) is 13.0 Å². The van der Waals surface area contributed by atoms with Gasteiger partial charge in [-0.05, 0) is 38.3 Å². The number of halogens is 2. The van der Waals surface area contributed by atoms with Crippen LogP contribution < -0.4 is 5.43 Å². The van der Waals surface area contributed by atoms with Crippen LogP contribution >= 0.6 is 31.9 Å². The fourth-order valence-electron chi connectivity index (χ4n) is 1.57. The van der Waals surface area contributed by atoms with Crippen molar-refractivity contribution in [2.45, 2.75) is 26.2 Å². The van der Waals surface area contributed by atoms with Crippen molar-refractivity contribution in [2.24, 2.45) is 5.92 Å². The molecule has 1 aliphatic rings. The fraction of sp³-hybridized carbons (Fsp3) is 0.600. The first-order chi connectivity index (χ1) is 7.52. The van der Waals surface area contributed by atoms with Crippen molar-refractivity contribution in [1.29, 1.82) is 0 Å². The molecule has 1 aliphatic heterocycles. The highest BCUT2D eigenvalue weighted by Crippen LogP contribution is 2.23. The van der Waals surface area contributed by atoms with Gasteiger partial charge >= 0.3 is 0 Å². The Bertz CT molecular complexity index is 314. The quantitative estimate of drug-likeness (QED) is 0.843. The van der Waals surface area contributed by atoms with Crippen LogP contribution in [0.2, 0.25) is 0 Å². The van der Waals surface area contributed by atoms with Crippen molar-refractivity contribution in [3.05, 3.63) is 9.47 Å². The zero-order valence-corrected chi connectivity index (χ0v) is 12.2. The third-order valence-electron chi connectivity index (χ3n) is 2.25. The molecule has 0 bridgehead atoms. The maximum atomic E-state index is 11.6. The van der Waals surface area contributed by atoms with E-state index in [9.17, 15) is 9.59 Å². The van der Waals surface area contributed by atoms with Crippen molar-refractivity contribution in [2.75, 3.05) is 6.54 Å². The molecule has 1 heterocycles. The molecule has 2 amide bonds. The summed E-state index contributed by atoms with van der Waals surface area (Å²) in [6, 6.07) is 0. The SMILES string of the molecule is CCCC(=O)NN1CC(C=C(Br)Br)CC1=O. The van der Waals surface area contributed by atoms with E-state index in [4.69, 9.17) is 0 Å². The number of carbonyl (C=O) groups is 2. The van der Waals surface area contributed by atoms with Crippen LogP contribution in [0.15, 0.2) is 9.47 Å². The maximum absolute atomic E-state index is 11.6. The lowest BCUT2D eigenvalue weighted by Gasteiger charge is -2.16. The van der Waals surface area contributed by atoms with Gasteiger partial charge in [-0.15, -0.1) is 0 Å². The molecule has 1 N–H and O–H groups in total. The van der Waals surface area contributed by atoms with Crippen molar-refractivity contribution in [1.82, 2.24) is 10.4 Å².